The Labute approximate surface area is 131 Å². The lowest BCUT2D eigenvalue weighted by Gasteiger charge is -2.08. The highest BCUT2D eigenvalue weighted by atomic mass is 79.9. The fourth-order valence-electron chi connectivity index (χ4n) is 2.12. The molecule has 1 aliphatic heterocycles. The smallest absolute Gasteiger partial charge is 0.208 e. The molecule has 0 radical (unpaired) electrons. The molecule has 2 heterocycles. The Bertz CT molecular complexity index is 673. The van der Waals surface area contributed by atoms with Crippen LogP contribution in [0, 0.1) is 11.6 Å². The van der Waals surface area contributed by atoms with Crippen LogP contribution >= 0.6 is 39.0 Å². The van der Waals surface area contributed by atoms with E-state index in [9.17, 15) is 13.6 Å². The van der Waals surface area contributed by atoms with E-state index in [0.717, 1.165) is 34.4 Å². The maximum atomic E-state index is 14.0. The molecule has 0 saturated carbocycles. The first-order valence-corrected chi connectivity index (χ1v) is 8.72. The molecule has 1 nitrogen and oxygen atoms in total. The van der Waals surface area contributed by atoms with Gasteiger partial charge in [0.15, 0.2) is 5.82 Å². The minimum absolute atomic E-state index is 0.0964. The van der Waals surface area contributed by atoms with E-state index in [4.69, 9.17) is 0 Å². The van der Waals surface area contributed by atoms with Crippen LogP contribution in [0.4, 0.5) is 8.78 Å². The van der Waals surface area contributed by atoms with Gasteiger partial charge in [-0.3, -0.25) is 4.79 Å². The second kappa shape index (κ2) is 5.58. The van der Waals surface area contributed by atoms with Gasteiger partial charge in [-0.2, -0.15) is 11.8 Å². The average Bonchev–Trinajstić information content (AvgIpc) is 2.87. The standard InChI is InChI=1S/C14H9BrF2OS2/c15-8-1-2-9(16)12(13(8)17)14(18)11-5-7-6-19-4-3-10(7)20-11/h1-2,5H,3-4,6H2. The number of carbonyl (C=O) groups excluding carboxylic acids is 1. The fraction of sp³-hybridized carbons (Fsp3) is 0.214. The zero-order valence-electron chi connectivity index (χ0n) is 10.2. The highest BCUT2D eigenvalue weighted by molar-refractivity contribution is 9.10. The molecule has 0 amide bonds. The average molecular weight is 375 g/mol. The van der Waals surface area contributed by atoms with Gasteiger partial charge in [0.2, 0.25) is 5.78 Å². The maximum absolute atomic E-state index is 14.0. The Balaban J connectivity index is 2.05. The molecular formula is C14H9BrF2OS2. The van der Waals surface area contributed by atoms with Crippen LogP contribution in [0.3, 0.4) is 0 Å². The van der Waals surface area contributed by atoms with Crippen molar-refractivity contribution in [1.82, 2.24) is 0 Å². The van der Waals surface area contributed by atoms with Crippen molar-refractivity contribution in [3.05, 3.63) is 55.2 Å². The number of rotatable bonds is 2. The molecular weight excluding hydrogens is 366 g/mol. The van der Waals surface area contributed by atoms with Crippen molar-refractivity contribution >= 4 is 44.8 Å². The summed E-state index contributed by atoms with van der Waals surface area (Å²) < 4.78 is 27.8. The van der Waals surface area contributed by atoms with Crippen LogP contribution in [-0.2, 0) is 12.2 Å². The number of aryl methyl sites for hydroxylation is 1. The van der Waals surface area contributed by atoms with E-state index >= 15 is 0 Å². The van der Waals surface area contributed by atoms with Gasteiger partial charge >= 0.3 is 0 Å². The number of hydrogen-bond acceptors (Lipinski definition) is 3. The molecule has 3 rings (SSSR count). The molecule has 0 fully saturated rings. The summed E-state index contributed by atoms with van der Waals surface area (Å²) in [6, 6.07) is 4.13. The van der Waals surface area contributed by atoms with Crippen molar-refractivity contribution in [3.63, 3.8) is 0 Å². The van der Waals surface area contributed by atoms with Crippen LogP contribution in [0.2, 0.25) is 0 Å². The largest absolute Gasteiger partial charge is 0.287 e. The van der Waals surface area contributed by atoms with Gasteiger partial charge in [0.05, 0.1) is 14.9 Å². The van der Waals surface area contributed by atoms with Crippen molar-refractivity contribution in [2.24, 2.45) is 0 Å². The van der Waals surface area contributed by atoms with E-state index in [1.165, 1.54) is 17.4 Å². The normalized spacial score (nSPS) is 14.2. The van der Waals surface area contributed by atoms with Gasteiger partial charge < -0.3 is 0 Å². The van der Waals surface area contributed by atoms with Gasteiger partial charge in [-0.05, 0) is 51.9 Å². The molecule has 2 aromatic rings. The van der Waals surface area contributed by atoms with Crippen molar-refractivity contribution in [3.8, 4) is 0 Å². The number of hydrogen-bond donors (Lipinski definition) is 0. The van der Waals surface area contributed by atoms with Crippen molar-refractivity contribution < 1.29 is 13.6 Å². The third-order valence-corrected chi connectivity index (χ3v) is 5.98. The minimum atomic E-state index is -0.837. The number of halogens is 3. The first-order chi connectivity index (χ1) is 9.58. The summed E-state index contributed by atoms with van der Waals surface area (Å²) in [5.74, 6) is -0.346. The van der Waals surface area contributed by atoms with E-state index in [1.807, 2.05) is 0 Å². The Hall–Kier alpha value is -0.720. The van der Waals surface area contributed by atoms with Gasteiger partial charge in [-0.1, -0.05) is 0 Å². The molecule has 0 spiro atoms. The molecule has 0 saturated heterocycles. The van der Waals surface area contributed by atoms with E-state index in [0.29, 0.717) is 4.88 Å². The third kappa shape index (κ3) is 2.44. The topological polar surface area (TPSA) is 17.1 Å². The Morgan fingerprint density at radius 3 is 2.85 bits per heavy atom. The van der Waals surface area contributed by atoms with Crippen LogP contribution in [0.25, 0.3) is 0 Å². The highest BCUT2D eigenvalue weighted by Crippen LogP contribution is 2.34. The van der Waals surface area contributed by atoms with Gasteiger partial charge in [-0.25, -0.2) is 8.78 Å². The number of benzene rings is 1. The zero-order chi connectivity index (χ0) is 14.3. The van der Waals surface area contributed by atoms with Crippen LogP contribution in [0.15, 0.2) is 22.7 Å². The Morgan fingerprint density at radius 1 is 1.30 bits per heavy atom. The maximum Gasteiger partial charge on any atom is 0.208 e. The van der Waals surface area contributed by atoms with E-state index in [2.05, 4.69) is 15.9 Å². The van der Waals surface area contributed by atoms with Crippen molar-refractivity contribution in [1.29, 1.82) is 0 Å². The Kier molecular flexibility index (Phi) is 3.97. The van der Waals surface area contributed by atoms with E-state index < -0.39 is 23.0 Å². The van der Waals surface area contributed by atoms with E-state index in [-0.39, 0.29) is 4.47 Å². The summed E-state index contributed by atoms with van der Waals surface area (Å²) in [6.07, 6.45) is 0.918. The zero-order valence-corrected chi connectivity index (χ0v) is 13.4. The summed E-state index contributed by atoms with van der Waals surface area (Å²) >= 11 is 6.14. The van der Waals surface area contributed by atoms with Gasteiger partial charge in [0.25, 0.3) is 0 Å². The SMILES string of the molecule is O=C(c1cc2c(s1)CCSC2)c1c(F)ccc(Br)c1F. The van der Waals surface area contributed by atoms with Crippen molar-refractivity contribution in [2.45, 2.75) is 12.2 Å². The molecule has 1 aromatic heterocycles. The first-order valence-electron chi connectivity index (χ1n) is 5.95. The van der Waals surface area contributed by atoms with Crippen LogP contribution in [0.1, 0.15) is 25.7 Å². The predicted molar refractivity (Wildman–Crippen MR) is 81.7 cm³/mol. The highest BCUT2D eigenvalue weighted by Gasteiger charge is 2.24. The first kappa shape index (κ1) is 14.2. The molecule has 0 N–H and O–H groups in total. The molecule has 0 bridgehead atoms. The summed E-state index contributed by atoms with van der Waals surface area (Å²) in [4.78, 5) is 13.9. The van der Waals surface area contributed by atoms with Gasteiger partial charge in [0.1, 0.15) is 5.82 Å². The molecule has 1 aliphatic rings. The lowest BCUT2D eigenvalue weighted by molar-refractivity contribution is 0.103. The molecule has 6 heteroatoms. The molecule has 104 valence electrons. The molecule has 20 heavy (non-hydrogen) atoms. The van der Waals surface area contributed by atoms with E-state index in [1.54, 1.807) is 17.8 Å². The molecule has 0 aliphatic carbocycles. The van der Waals surface area contributed by atoms with Crippen molar-refractivity contribution in [2.75, 3.05) is 5.75 Å². The lowest BCUT2D eigenvalue weighted by Crippen LogP contribution is -2.06. The quantitative estimate of drug-likeness (QED) is 0.554. The number of carbonyl (C=O) groups is 1. The lowest BCUT2D eigenvalue weighted by atomic mass is 10.1. The van der Waals surface area contributed by atoms with Crippen LogP contribution in [0.5, 0.6) is 0 Å². The summed E-state index contributed by atoms with van der Waals surface area (Å²) in [6.45, 7) is 0. The van der Waals surface area contributed by atoms with Crippen LogP contribution in [-0.4, -0.2) is 11.5 Å². The Morgan fingerprint density at radius 2 is 2.10 bits per heavy atom. The van der Waals surface area contributed by atoms with Gasteiger partial charge in [0, 0.05) is 10.6 Å². The fourth-order valence-corrected chi connectivity index (χ4v) is 4.77. The number of thiophene rings is 1. The summed E-state index contributed by atoms with van der Waals surface area (Å²) in [5, 5.41) is 0. The molecule has 0 unspecified atom stereocenters. The van der Waals surface area contributed by atoms with Crippen LogP contribution < -0.4 is 0 Å². The number of fused-ring (bicyclic) bond motifs is 1. The number of thioether (sulfide) groups is 1. The second-order valence-corrected chi connectivity index (χ2v) is 7.51. The third-order valence-electron chi connectivity index (χ3n) is 3.12. The molecule has 0 atom stereocenters. The molecule has 1 aromatic carbocycles. The second-order valence-electron chi connectivity index (χ2n) is 4.41. The summed E-state index contributed by atoms with van der Waals surface area (Å²) in [7, 11) is 0. The predicted octanol–water partition coefficient (Wildman–Crippen LogP) is 4.81. The monoisotopic (exact) mass is 374 g/mol. The van der Waals surface area contributed by atoms with Gasteiger partial charge in [-0.15, -0.1) is 11.3 Å². The summed E-state index contributed by atoms with van der Waals surface area (Å²) in [5.41, 5.74) is 0.635. The minimum Gasteiger partial charge on any atom is -0.287 e. The number of ketones is 1.